The summed E-state index contributed by atoms with van der Waals surface area (Å²) in [7, 11) is 0. The first-order valence-corrected chi connectivity index (χ1v) is 12.4. The van der Waals surface area contributed by atoms with Gasteiger partial charge in [-0.1, -0.05) is 74.5 Å². The fourth-order valence-electron chi connectivity index (χ4n) is 3.52. The van der Waals surface area contributed by atoms with Crippen molar-refractivity contribution in [2.75, 3.05) is 13.2 Å². The smallest absolute Gasteiger partial charge is 0.331 e. The quantitative estimate of drug-likeness (QED) is 0.198. The zero-order valence-electron chi connectivity index (χ0n) is 21.4. The Morgan fingerprint density at radius 2 is 1.66 bits per heavy atom. The molecule has 0 saturated carbocycles. The Morgan fingerprint density at radius 3 is 2.32 bits per heavy atom. The number of hydrogen-bond donors (Lipinski definition) is 2. The summed E-state index contributed by atoms with van der Waals surface area (Å²) in [5, 5.41) is 10.0. The van der Waals surface area contributed by atoms with E-state index in [1.165, 1.54) is 0 Å². The van der Waals surface area contributed by atoms with Crippen LogP contribution in [0.4, 0.5) is 0 Å². The normalized spacial score (nSPS) is 12.5. The Hall–Kier alpha value is -4.02. The Kier molecular flexibility index (Phi) is 10.6. The highest BCUT2D eigenvalue weighted by Gasteiger charge is 2.20. The molecule has 2 aromatic carbocycles. The molecule has 0 amide bonds. The summed E-state index contributed by atoms with van der Waals surface area (Å²) < 4.78 is 16.6. The van der Waals surface area contributed by atoms with Crippen LogP contribution in [-0.4, -0.2) is 46.1 Å². The lowest BCUT2D eigenvalue weighted by molar-refractivity contribution is -0.156. The van der Waals surface area contributed by atoms with Crippen molar-refractivity contribution in [1.82, 2.24) is 9.55 Å². The molecule has 0 aliphatic heterocycles. The Bertz CT molecular complexity index is 1320. The van der Waals surface area contributed by atoms with Crippen LogP contribution in [0, 0.1) is 5.92 Å². The zero-order chi connectivity index (χ0) is 27.5. The number of H-pyrrole nitrogens is 1. The van der Waals surface area contributed by atoms with Crippen molar-refractivity contribution in [2.24, 2.45) is 5.92 Å². The molecule has 10 heteroatoms. The molecule has 3 aromatic rings. The number of esters is 2. The average Bonchev–Trinajstić information content (AvgIpc) is 2.92. The number of nitrogens with zero attached hydrogens (tertiary/aromatic N) is 1. The molecular weight excluding hydrogens is 492 g/mol. The maximum Gasteiger partial charge on any atom is 0.331 e. The summed E-state index contributed by atoms with van der Waals surface area (Å²) in [5.74, 6) is -1.61. The monoisotopic (exact) mass is 524 g/mol. The van der Waals surface area contributed by atoms with Gasteiger partial charge in [-0.05, 0) is 17.5 Å². The van der Waals surface area contributed by atoms with Gasteiger partial charge < -0.3 is 19.3 Å². The second kappa shape index (κ2) is 14.1. The molecule has 202 valence electrons. The van der Waals surface area contributed by atoms with Gasteiger partial charge in [-0.3, -0.25) is 23.9 Å². The predicted octanol–water partition coefficient (Wildman–Crippen LogP) is 2.86. The standard InChI is InChI=1S/C28H32N2O8/c1-3-19(2)27(34)37-17-16-36-22(31)14-15-23(32)38-25-24(21-12-8-5-9-13-21)26(33)30(28(35)29-25)18-20-10-6-4-7-11-20/h4-13,19,22,31H,3,14-18H2,1-2H3,(H,29,35). The number of carbonyl (C=O) groups excluding carboxylic acids is 2. The largest absolute Gasteiger partial charge is 0.463 e. The lowest BCUT2D eigenvalue weighted by Gasteiger charge is -2.14. The van der Waals surface area contributed by atoms with Crippen LogP contribution in [0.15, 0.2) is 70.3 Å². The molecule has 0 fully saturated rings. The number of hydrogen-bond acceptors (Lipinski definition) is 8. The van der Waals surface area contributed by atoms with Crippen molar-refractivity contribution in [2.45, 2.75) is 45.9 Å². The minimum atomic E-state index is -1.30. The first-order valence-electron chi connectivity index (χ1n) is 12.4. The van der Waals surface area contributed by atoms with Crippen molar-refractivity contribution in [3.05, 3.63) is 87.1 Å². The number of carbonyl (C=O) groups is 2. The van der Waals surface area contributed by atoms with Crippen LogP contribution in [0.1, 0.15) is 38.7 Å². The van der Waals surface area contributed by atoms with Crippen LogP contribution < -0.4 is 16.0 Å². The van der Waals surface area contributed by atoms with Gasteiger partial charge in [0.2, 0.25) is 5.88 Å². The Labute approximate surface area is 219 Å². The third-order valence-corrected chi connectivity index (χ3v) is 5.86. The van der Waals surface area contributed by atoms with Gasteiger partial charge in [-0.2, -0.15) is 0 Å². The molecule has 0 bridgehead atoms. The second-order valence-corrected chi connectivity index (χ2v) is 8.69. The summed E-state index contributed by atoms with van der Waals surface area (Å²) >= 11 is 0. The van der Waals surface area contributed by atoms with E-state index in [0.29, 0.717) is 12.0 Å². The number of aromatic nitrogens is 2. The van der Waals surface area contributed by atoms with E-state index in [2.05, 4.69) is 4.98 Å². The van der Waals surface area contributed by atoms with Gasteiger partial charge in [0.05, 0.1) is 25.5 Å². The van der Waals surface area contributed by atoms with Crippen LogP contribution in [0.2, 0.25) is 0 Å². The lowest BCUT2D eigenvalue weighted by Crippen LogP contribution is -2.37. The van der Waals surface area contributed by atoms with E-state index < -0.39 is 23.5 Å². The number of nitrogens with one attached hydrogen (secondary N) is 1. The van der Waals surface area contributed by atoms with Gasteiger partial charge in [0.25, 0.3) is 5.56 Å². The number of aromatic amines is 1. The van der Waals surface area contributed by atoms with Crippen molar-refractivity contribution < 1.29 is 28.9 Å². The summed E-state index contributed by atoms with van der Waals surface area (Å²) in [6.45, 7) is 3.61. The Morgan fingerprint density at radius 1 is 1.00 bits per heavy atom. The fourth-order valence-corrected chi connectivity index (χ4v) is 3.52. The van der Waals surface area contributed by atoms with Crippen molar-refractivity contribution >= 4 is 11.9 Å². The van der Waals surface area contributed by atoms with Crippen LogP contribution in [0.25, 0.3) is 11.1 Å². The highest BCUT2D eigenvalue weighted by Crippen LogP contribution is 2.24. The van der Waals surface area contributed by atoms with E-state index >= 15 is 0 Å². The number of aliphatic hydroxyl groups excluding tert-OH is 1. The second-order valence-electron chi connectivity index (χ2n) is 8.69. The van der Waals surface area contributed by atoms with E-state index in [9.17, 15) is 24.3 Å². The maximum atomic E-state index is 13.4. The highest BCUT2D eigenvalue weighted by atomic mass is 16.6. The van der Waals surface area contributed by atoms with Gasteiger partial charge in [-0.25, -0.2) is 4.79 Å². The van der Waals surface area contributed by atoms with Crippen molar-refractivity contribution in [1.29, 1.82) is 0 Å². The maximum absolute atomic E-state index is 13.4. The van der Waals surface area contributed by atoms with Crippen LogP contribution >= 0.6 is 0 Å². The Balaban J connectivity index is 1.67. The van der Waals surface area contributed by atoms with Gasteiger partial charge in [0, 0.05) is 6.42 Å². The summed E-state index contributed by atoms with van der Waals surface area (Å²) in [4.78, 5) is 52.8. The number of aliphatic hydroxyl groups is 1. The zero-order valence-corrected chi connectivity index (χ0v) is 21.4. The van der Waals surface area contributed by atoms with E-state index in [-0.39, 0.29) is 55.9 Å². The minimum Gasteiger partial charge on any atom is -0.463 e. The molecule has 10 nitrogen and oxygen atoms in total. The molecule has 2 unspecified atom stereocenters. The molecular formula is C28H32N2O8. The molecule has 0 radical (unpaired) electrons. The molecule has 0 saturated heterocycles. The van der Waals surface area contributed by atoms with Crippen LogP contribution in [-0.2, 0) is 25.6 Å². The van der Waals surface area contributed by atoms with E-state index in [1.54, 1.807) is 61.5 Å². The van der Waals surface area contributed by atoms with E-state index in [1.807, 2.05) is 13.0 Å². The van der Waals surface area contributed by atoms with E-state index in [0.717, 1.165) is 10.1 Å². The first kappa shape index (κ1) is 28.5. The summed E-state index contributed by atoms with van der Waals surface area (Å²) in [5.41, 5.74) is -0.0749. The third kappa shape index (κ3) is 7.99. The molecule has 38 heavy (non-hydrogen) atoms. The highest BCUT2D eigenvalue weighted by molar-refractivity contribution is 5.76. The minimum absolute atomic E-state index is 0.0222. The molecule has 1 heterocycles. The molecule has 3 rings (SSSR count). The number of ether oxygens (including phenoxy) is 3. The van der Waals surface area contributed by atoms with E-state index in [4.69, 9.17) is 14.2 Å². The topological polar surface area (TPSA) is 137 Å². The average molecular weight is 525 g/mol. The SMILES string of the molecule is CCC(C)C(=O)OCCOC(O)CCC(=O)Oc1[nH]c(=O)n(Cc2ccccc2)c(=O)c1-c1ccccc1. The van der Waals surface area contributed by atoms with Crippen molar-refractivity contribution in [3.8, 4) is 17.0 Å². The fraction of sp³-hybridized carbons (Fsp3) is 0.357. The first-order chi connectivity index (χ1) is 18.3. The molecule has 2 N–H and O–H groups in total. The molecule has 0 spiro atoms. The van der Waals surface area contributed by atoms with Crippen molar-refractivity contribution in [3.63, 3.8) is 0 Å². The van der Waals surface area contributed by atoms with Gasteiger partial charge in [0.1, 0.15) is 12.2 Å². The molecule has 0 aliphatic rings. The number of benzene rings is 2. The molecule has 0 aliphatic carbocycles. The van der Waals surface area contributed by atoms with Gasteiger partial charge in [-0.15, -0.1) is 0 Å². The lowest BCUT2D eigenvalue weighted by atomic mass is 10.1. The predicted molar refractivity (Wildman–Crippen MR) is 140 cm³/mol. The third-order valence-electron chi connectivity index (χ3n) is 5.86. The van der Waals surface area contributed by atoms with Crippen LogP contribution in [0.5, 0.6) is 5.88 Å². The molecule has 1 aromatic heterocycles. The summed E-state index contributed by atoms with van der Waals surface area (Å²) in [6.07, 6.45) is -0.994. The number of rotatable bonds is 13. The van der Waals surface area contributed by atoms with Crippen LogP contribution in [0.3, 0.4) is 0 Å². The van der Waals surface area contributed by atoms with Gasteiger partial charge >= 0.3 is 17.6 Å². The van der Waals surface area contributed by atoms with Gasteiger partial charge in [0.15, 0.2) is 6.29 Å². The summed E-state index contributed by atoms with van der Waals surface area (Å²) in [6, 6.07) is 17.6. The molecule has 2 atom stereocenters.